The van der Waals surface area contributed by atoms with Crippen LogP contribution in [-0.4, -0.2) is 37.0 Å². The normalized spacial score (nSPS) is 39.2. The molecule has 2 aliphatic carbocycles. The largest absolute Gasteiger partial charge is 0.469 e. The minimum absolute atomic E-state index is 0.0202. The van der Waals surface area contributed by atoms with Crippen molar-refractivity contribution in [2.45, 2.75) is 51.5 Å². The van der Waals surface area contributed by atoms with E-state index in [1.54, 1.807) is 0 Å². The van der Waals surface area contributed by atoms with E-state index < -0.39 is 0 Å². The summed E-state index contributed by atoms with van der Waals surface area (Å²) in [5, 5.41) is 0. The Balaban J connectivity index is 1.87. The van der Waals surface area contributed by atoms with Crippen molar-refractivity contribution in [3.05, 3.63) is 11.6 Å². The Kier molecular flexibility index (Phi) is 3.58. The minimum Gasteiger partial charge on any atom is -0.469 e. The van der Waals surface area contributed by atoms with Gasteiger partial charge in [0.1, 0.15) is 0 Å². The van der Waals surface area contributed by atoms with E-state index in [1.807, 2.05) is 11.9 Å². The highest BCUT2D eigenvalue weighted by Crippen LogP contribution is 2.54. The van der Waals surface area contributed by atoms with Gasteiger partial charge in [0, 0.05) is 24.9 Å². The summed E-state index contributed by atoms with van der Waals surface area (Å²) in [5.41, 5.74) is 1.60. The van der Waals surface area contributed by atoms with Crippen LogP contribution in [0.5, 0.6) is 0 Å². The van der Waals surface area contributed by atoms with Crippen LogP contribution in [-0.2, 0) is 14.3 Å². The third-order valence-electron chi connectivity index (χ3n) is 6.07. The van der Waals surface area contributed by atoms with Crippen molar-refractivity contribution in [2.75, 3.05) is 14.2 Å². The van der Waals surface area contributed by atoms with Crippen molar-refractivity contribution >= 4 is 11.9 Å². The molecule has 1 heterocycles. The van der Waals surface area contributed by atoms with E-state index >= 15 is 0 Å². The van der Waals surface area contributed by atoms with Crippen LogP contribution in [0.4, 0.5) is 0 Å². The molecule has 0 radical (unpaired) electrons. The van der Waals surface area contributed by atoms with E-state index in [0.717, 1.165) is 32.1 Å². The molecule has 1 amide bonds. The molecule has 4 nitrogen and oxygen atoms in total. The fourth-order valence-electron chi connectivity index (χ4n) is 4.85. The first kappa shape index (κ1) is 14.6. The van der Waals surface area contributed by atoms with Gasteiger partial charge in [-0.3, -0.25) is 9.59 Å². The summed E-state index contributed by atoms with van der Waals surface area (Å²) in [4.78, 5) is 25.7. The fourth-order valence-corrected chi connectivity index (χ4v) is 4.85. The molecule has 0 spiro atoms. The molecule has 21 heavy (non-hydrogen) atoms. The molecule has 0 aromatic carbocycles. The second-order valence-electron chi connectivity index (χ2n) is 7.06. The number of methoxy groups -OCH3 is 1. The zero-order chi connectivity index (χ0) is 15.2. The summed E-state index contributed by atoms with van der Waals surface area (Å²) in [7, 11) is 3.42. The summed E-state index contributed by atoms with van der Waals surface area (Å²) in [6.07, 6.45) is 7.72. The minimum atomic E-state index is -0.0754. The first-order chi connectivity index (χ1) is 9.97. The monoisotopic (exact) mass is 291 g/mol. The van der Waals surface area contributed by atoms with Gasteiger partial charge in [-0.05, 0) is 38.0 Å². The number of piperidine rings is 1. The predicted molar refractivity (Wildman–Crippen MR) is 79.4 cm³/mol. The van der Waals surface area contributed by atoms with E-state index in [0.29, 0.717) is 18.4 Å². The van der Waals surface area contributed by atoms with Gasteiger partial charge in [-0.2, -0.15) is 0 Å². The lowest BCUT2D eigenvalue weighted by Crippen LogP contribution is -2.56. The van der Waals surface area contributed by atoms with Crippen LogP contribution in [0.1, 0.15) is 45.4 Å². The van der Waals surface area contributed by atoms with Gasteiger partial charge in [0.05, 0.1) is 13.0 Å². The van der Waals surface area contributed by atoms with E-state index in [9.17, 15) is 9.59 Å². The first-order valence-corrected chi connectivity index (χ1v) is 8.01. The number of allylic oxidation sites excluding steroid dienone is 1. The summed E-state index contributed by atoms with van der Waals surface area (Å²) in [5.74, 6) is 0.714. The van der Waals surface area contributed by atoms with E-state index in [1.165, 1.54) is 12.7 Å². The Morgan fingerprint density at radius 2 is 2.19 bits per heavy atom. The lowest BCUT2D eigenvalue weighted by molar-refractivity contribution is -0.146. The van der Waals surface area contributed by atoms with Crippen molar-refractivity contribution in [1.29, 1.82) is 0 Å². The summed E-state index contributed by atoms with van der Waals surface area (Å²) in [6, 6.07) is 0.330. The molecule has 3 aliphatic rings. The van der Waals surface area contributed by atoms with Crippen LogP contribution in [0.15, 0.2) is 11.6 Å². The lowest BCUT2D eigenvalue weighted by Gasteiger charge is -2.54. The van der Waals surface area contributed by atoms with Crippen LogP contribution < -0.4 is 0 Å². The first-order valence-electron chi connectivity index (χ1n) is 8.01. The van der Waals surface area contributed by atoms with Gasteiger partial charge in [-0.25, -0.2) is 0 Å². The molecule has 1 saturated heterocycles. The Bertz CT molecular complexity index is 498. The second kappa shape index (κ2) is 5.15. The van der Waals surface area contributed by atoms with Crippen molar-refractivity contribution in [2.24, 2.45) is 17.3 Å². The highest BCUT2D eigenvalue weighted by Gasteiger charge is 2.50. The Hall–Kier alpha value is -1.32. The quantitative estimate of drug-likeness (QED) is 0.551. The SMILES string of the molecule is COC(=O)C1CC=C2[C@@H](CC[C@H]3N(C)C(=O)CC[C@]23C)C1. The molecule has 2 fully saturated rings. The molecule has 4 heteroatoms. The third kappa shape index (κ3) is 2.19. The molecule has 3 rings (SSSR count). The van der Waals surface area contributed by atoms with Crippen molar-refractivity contribution in [3.63, 3.8) is 0 Å². The van der Waals surface area contributed by atoms with E-state index in [-0.39, 0.29) is 23.2 Å². The molecular weight excluding hydrogens is 266 g/mol. The van der Waals surface area contributed by atoms with Gasteiger partial charge in [0.25, 0.3) is 0 Å². The maximum Gasteiger partial charge on any atom is 0.308 e. The predicted octanol–water partition coefficient (Wildman–Crippen LogP) is 2.53. The van der Waals surface area contributed by atoms with Crippen LogP contribution in [0.2, 0.25) is 0 Å². The van der Waals surface area contributed by atoms with Crippen molar-refractivity contribution in [3.8, 4) is 0 Å². The van der Waals surface area contributed by atoms with Gasteiger partial charge in [-0.15, -0.1) is 0 Å². The van der Waals surface area contributed by atoms with E-state index in [2.05, 4.69) is 13.0 Å². The number of amides is 1. The smallest absolute Gasteiger partial charge is 0.308 e. The molecule has 1 aliphatic heterocycles. The van der Waals surface area contributed by atoms with Crippen LogP contribution in [0.3, 0.4) is 0 Å². The van der Waals surface area contributed by atoms with Crippen molar-refractivity contribution < 1.29 is 14.3 Å². The summed E-state index contributed by atoms with van der Waals surface area (Å²) >= 11 is 0. The standard InChI is InChI=1S/C17H25NO3/c1-17-9-8-15(19)18(2)14(17)7-5-11-10-12(16(20)21-3)4-6-13(11)17/h6,11-12,14H,4-5,7-10H2,1-3H3/t11-,12?,14+,17+/m0/s1. The molecular formula is C17H25NO3. The van der Waals surface area contributed by atoms with Crippen LogP contribution in [0.25, 0.3) is 0 Å². The number of nitrogens with zero attached hydrogens (tertiary/aromatic N) is 1. The molecule has 116 valence electrons. The molecule has 1 unspecified atom stereocenters. The van der Waals surface area contributed by atoms with Gasteiger partial charge in [0.15, 0.2) is 0 Å². The average Bonchev–Trinajstić information content (AvgIpc) is 2.50. The summed E-state index contributed by atoms with van der Waals surface area (Å²) < 4.78 is 4.91. The molecule has 0 aromatic heterocycles. The number of esters is 1. The highest BCUT2D eigenvalue weighted by atomic mass is 16.5. The number of carbonyl (C=O) groups is 2. The number of hydrogen-bond donors (Lipinski definition) is 0. The average molecular weight is 291 g/mol. The van der Waals surface area contributed by atoms with Gasteiger partial charge >= 0.3 is 5.97 Å². The number of hydrogen-bond acceptors (Lipinski definition) is 3. The Morgan fingerprint density at radius 3 is 2.90 bits per heavy atom. The molecule has 1 saturated carbocycles. The van der Waals surface area contributed by atoms with Gasteiger partial charge in [-0.1, -0.05) is 18.6 Å². The third-order valence-corrected chi connectivity index (χ3v) is 6.07. The topological polar surface area (TPSA) is 46.6 Å². The van der Waals surface area contributed by atoms with Crippen LogP contribution in [0, 0.1) is 17.3 Å². The number of likely N-dealkylation sites (tertiary alicyclic amines) is 1. The lowest BCUT2D eigenvalue weighted by atomic mass is 9.57. The number of fused-ring (bicyclic) bond motifs is 3. The Morgan fingerprint density at radius 1 is 1.43 bits per heavy atom. The highest BCUT2D eigenvalue weighted by molar-refractivity contribution is 5.78. The molecule has 0 bridgehead atoms. The molecule has 0 aromatic rings. The zero-order valence-electron chi connectivity index (χ0n) is 13.2. The van der Waals surface area contributed by atoms with E-state index in [4.69, 9.17) is 4.74 Å². The molecule has 4 atom stereocenters. The van der Waals surface area contributed by atoms with Crippen molar-refractivity contribution in [1.82, 2.24) is 4.90 Å². The van der Waals surface area contributed by atoms with Crippen LogP contribution >= 0.6 is 0 Å². The number of rotatable bonds is 1. The maximum atomic E-state index is 12.0. The number of carbonyl (C=O) groups excluding carboxylic acids is 2. The number of ether oxygens (including phenoxy) is 1. The zero-order valence-corrected chi connectivity index (χ0v) is 13.2. The fraction of sp³-hybridized carbons (Fsp3) is 0.765. The van der Waals surface area contributed by atoms with Gasteiger partial charge < -0.3 is 9.64 Å². The maximum absolute atomic E-state index is 12.0. The summed E-state index contributed by atoms with van der Waals surface area (Å²) in [6.45, 7) is 2.32. The molecule has 0 N–H and O–H groups in total. The van der Waals surface area contributed by atoms with Gasteiger partial charge in [0.2, 0.25) is 5.91 Å². The second-order valence-corrected chi connectivity index (χ2v) is 7.06. The Labute approximate surface area is 126 Å².